The van der Waals surface area contributed by atoms with E-state index in [9.17, 15) is 4.79 Å². The molecule has 5 rings (SSSR count). The Bertz CT molecular complexity index is 1170. The van der Waals surface area contributed by atoms with Crippen molar-refractivity contribution in [3.63, 3.8) is 0 Å². The summed E-state index contributed by atoms with van der Waals surface area (Å²) in [5, 5.41) is 0. The Morgan fingerprint density at radius 1 is 0.968 bits per heavy atom. The summed E-state index contributed by atoms with van der Waals surface area (Å²) in [4.78, 5) is 23.9. The molecule has 0 atom stereocenters. The monoisotopic (exact) mass is 428 g/mol. The molecule has 0 spiro atoms. The average molecular weight is 429 g/mol. The number of piperazine rings is 1. The number of nitrogens with zero attached hydrogens (tertiary/aromatic N) is 4. The molecular formula is C25H24N4OS. The zero-order valence-electron chi connectivity index (χ0n) is 17.2. The number of carbonyl (C=O) groups is 1. The van der Waals surface area contributed by atoms with Crippen LogP contribution in [0.1, 0.15) is 10.6 Å². The van der Waals surface area contributed by atoms with E-state index in [0.29, 0.717) is 0 Å². The third-order valence-corrected chi connectivity index (χ3v) is 6.66. The zero-order valence-corrected chi connectivity index (χ0v) is 18.0. The molecule has 0 unspecified atom stereocenters. The van der Waals surface area contributed by atoms with Gasteiger partial charge in [-0.05, 0) is 35.9 Å². The van der Waals surface area contributed by atoms with Gasteiger partial charge in [0.2, 0.25) is 5.91 Å². The largest absolute Gasteiger partial charge is 0.337 e. The number of thiophene rings is 1. The van der Waals surface area contributed by atoms with Crippen molar-refractivity contribution in [1.29, 1.82) is 0 Å². The smallest absolute Gasteiger partial charge is 0.246 e. The minimum absolute atomic E-state index is 0.0852. The Kier molecular flexibility index (Phi) is 5.65. The van der Waals surface area contributed by atoms with Crippen molar-refractivity contribution in [1.82, 2.24) is 19.2 Å². The van der Waals surface area contributed by atoms with E-state index in [-0.39, 0.29) is 5.91 Å². The summed E-state index contributed by atoms with van der Waals surface area (Å²) in [7, 11) is 0. The highest BCUT2D eigenvalue weighted by molar-refractivity contribution is 7.16. The average Bonchev–Trinajstić information content (AvgIpc) is 3.45. The second-order valence-corrected chi connectivity index (χ2v) is 8.82. The highest BCUT2D eigenvalue weighted by Crippen LogP contribution is 2.28. The summed E-state index contributed by atoms with van der Waals surface area (Å²) in [5.74, 6) is 0.0852. The third kappa shape index (κ3) is 4.60. The van der Waals surface area contributed by atoms with E-state index in [2.05, 4.69) is 40.3 Å². The Balaban J connectivity index is 1.14. The van der Waals surface area contributed by atoms with Crippen molar-refractivity contribution in [3.8, 4) is 10.4 Å². The van der Waals surface area contributed by atoms with Crippen LogP contribution in [-0.2, 0) is 11.3 Å². The van der Waals surface area contributed by atoms with Gasteiger partial charge in [0.05, 0.1) is 5.69 Å². The number of imidazole rings is 1. The molecule has 1 aromatic carbocycles. The number of amides is 1. The van der Waals surface area contributed by atoms with Crippen molar-refractivity contribution in [2.45, 2.75) is 6.54 Å². The van der Waals surface area contributed by atoms with Crippen molar-refractivity contribution < 1.29 is 4.79 Å². The quantitative estimate of drug-likeness (QED) is 0.442. The topological polar surface area (TPSA) is 40.9 Å². The second-order valence-electron chi connectivity index (χ2n) is 7.70. The summed E-state index contributed by atoms with van der Waals surface area (Å²) in [6, 6.07) is 20.5. The lowest BCUT2D eigenvalue weighted by Gasteiger charge is -2.33. The molecule has 156 valence electrons. The molecule has 0 aliphatic carbocycles. The molecule has 31 heavy (non-hydrogen) atoms. The van der Waals surface area contributed by atoms with Gasteiger partial charge in [0, 0.05) is 60.9 Å². The number of hydrogen-bond donors (Lipinski definition) is 0. The standard InChI is InChI=1S/C25H24N4OS/c30-25(12-10-22-9-11-23(31-22)20-6-2-1-3-7-20)28-16-14-27(15-17-28)18-21-19-29-13-5-4-8-24(29)26-21/h1-13,19H,14-18H2/b12-10+. The fourth-order valence-corrected chi connectivity index (χ4v) is 4.79. The third-order valence-electron chi connectivity index (χ3n) is 5.56. The Labute approximate surface area is 185 Å². The van der Waals surface area contributed by atoms with Gasteiger partial charge in [-0.25, -0.2) is 4.98 Å². The van der Waals surface area contributed by atoms with Crippen molar-refractivity contribution in [2.24, 2.45) is 0 Å². The number of carbonyl (C=O) groups excluding carboxylic acids is 1. The fraction of sp³-hybridized carbons (Fsp3) is 0.200. The first-order valence-electron chi connectivity index (χ1n) is 10.5. The van der Waals surface area contributed by atoms with Crippen LogP contribution in [0.5, 0.6) is 0 Å². The van der Waals surface area contributed by atoms with Gasteiger partial charge < -0.3 is 9.30 Å². The van der Waals surface area contributed by atoms with E-state index in [4.69, 9.17) is 0 Å². The predicted octanol–water partition coefficient (Wildman–Crippen LogP) is 4.42. The van der Waals surface area contributed by atoms with E-state index < -0.39 is 0 Å². The predicted molar refractivity (Wildman–Crippen MR) is 126 cm³/mol. The van der Waals surface area contributed by atoms with Crippen molar-refractivity contribution in [2.75, 3.05) is 26.2 Å². The number of pyridine rings is 1. The molecule has 1 saturated heterocycles. The molecule has 4 heterocycles. The van der Waals surface area contributed by atoms with E-state index in [0.717, 1.165) is 48.9 Å². The number of aromatic nitrogens is 2. The van der Waals surface area contributed by atoms with Crippen LogP contribution in [0.4, 0.5) is 0 Å². The minimum Gasteiger partial charge on any atom is -0.337 e. The van der Waals surface area contributed by atoms with E-state index in [1.165, 1.54) is 10.4 Å². The van der Waals surface area contributed by atoms with Gasteiger partial charge in [-0.3, -0.25) is 9.69 Å². The molecule has 0 saturated carbocycles. The van der Waals surface area contributed by atoms with Gasteiger partial charge in [-0.1, -0.05) is 36.4 Å². The zero-order chi connectivity index (χ0) is 21.0. The van der Waals surface area contributed by atoms with Crippen LogP contribution >= 0.6 is 11.3 Å². The van der Waals surface area contributed by atoms with Gasteiger partial charge in [0.15, 0.2) is 0 Å². The van der Waals surface area contributed by atoms with Crippen molar-refractivity contribution in [3.05, 3.63) is 89.7 Å². The number of rotatable bonds is 5. The van der Waals surface area contributed by atoms with Crippen molar-refractivity contribution >= 4 is 29.0 Å². The first kappa shape index (κ1) is 19.7. The summed E-state index contributed by atoms with van der Waals surface area (Å²) in [6.45, 7) is 4.04. The van der Waals surface area contributed by atoms with Gasteiger partial charge in [0.25, 0.3) is 0 Å². The molecular weight excluding hydrogens is 404 g/mol. The van der Waals surface area contributed by atoms with Gasteiger partial charge in [0.1, 0.15) is 5.65 Å². The molecule has 1 aliphatic rings. The van der Waals surface area contributed by atoms with Crippen LogP contribution in [0.2, 0.25) is 0 Å². The second kappa shape index (κ2) is 8.88. The summed E-state index contributed by atoms with van der Waals surface area (Å²) < 4.78 is 2.05. The molecule has 1 amide bonds. The SMILES string of the molecule is O=C(/C=C/c1ccc(-c2ccccc2)s1)N1CCN(Cc2cn3ccccc3n2)CC1. The van der Waals surface area contributed by atoms with Crippen LogP contribution in [0.25, 0.3) is 22.2 Å². The molecule has 3 aromatic heterocycles. The minimum atomic E-state index is 0.0852. The lowest BCUT2D eigenvalue weighted by Crippen LogP contribution is -2.47. The lowest BCUT2D eigenvalue weighted by atomic mass is 10.2. The van der Waals surface area contributed by atoms with Crippen LogP contribution in [0, 0.1) is 0 Å². The van der Waals surface area contributed by atoms with E-state index >= 15 is 0 Å². The van der Waals surface area contributed by atoms with E-state index in [1.807, 2.05) is 58.0 Å². The normalized spacial score (nSPS) is 15.2. The lowest BCUT2D eigenvalue weighted by molar-refractivity contribution is -0.127. The summed E-state index contributed by atoms with van der Waals surface area (Å²) in [6.07, 6.45) is 7.74. The molecule has 0 N–H and O–H groups in total. The van der Waals surface area contributed by atoms with Gasteiger partial charge in [-0.2, -0.15) is 0 Å². The van der Waals surface area contributed by atoms with Crippen LogP contribution in [0.3, 0.4) is 0 Å². The van der Waals surface area contributed by atoms with Crippen LogP contribution < -0.4 is 0 Å². The highest BCUT2D eigenvalue weighted by Gasteiger charge is 2.20. The highest BCUT2D eigenvalue weighted by atomic mass is 32.1. The molecule has 0 bridgehead atoms. The number of fused-ring (bicyclic) bond motifs is 1. The molecule has 0 radical (unpaired) electrons. The van der Waals surface area contributed by atoms with Crippen LogP contribution in [-0.4, -0.2) is 51.3 Å². The summed E-state index contributed by atoms with van der Waals surface area (Å²) in [5.41, 5.74) is 3.25. The first-order valence-corrected chi connectivity index (χ1v) is 11.3. The Morgan fingerprint density at radius 3 is 2.58 bits per heavy atom. The molecule has 6 heteroatoms. The van der Waals surface area contributed by atoms with Crippen LogP contribution in [0.15, 0.2) is 79.1 Å². The maximum atomic E-state index is 12.6. The molecule has 1 fully saturated rings. The fourth-order valence-electron chi connectivity index (χ4n) is 3.88. The Hall–Kier alpha value is -3.22. The molecule has 1 aliphatic heterocycles. The maximum Gasteiger partial charge on any atom is 0.246 e. The van der Waals surface area contributed by atoms with E-state index in [1.54, 1.807) is 17.4 Å². The maximum absolute atomic E-state index is 12.6. The van der Waals surface area contributed by atoms with Gasteiger partial charge >= 0.3 is 0 Å². The molecule has 5 nitrogen and oxygen atoms in total. The molecule has 4 aromatic rings. The Morgan fingerprint density at radius 2 is 1.77 bits per heavy atom. The van der Waals surface area contributed by atoms with Gasteiger partial charge in [-0.15, -0.1) is 11.3 Å². The number of benzene rings is 1. The number of hydrogen-bond acceptors (Lipinski definition) is 4. The first-order chi connectivity index (χ1) is 15.2. The summed E-state index contributed by atoms with van der Waals surface area (Å²) >= 11 is 1.70.